The fraction of sp³-hybridized carbons (Fsp3) is 1.00. The average Bonchev–Trinajstić information content (AvgIpc) is 2.09. The van der Waals surface area contributed by atoms with Crippen LogP contribution in [0.25, 0.3) is 0 Å². The van der Waals surface area contributed by atoms with Gasteiger partial charge in [0.25, 0.3) is 0 Å². The van der Waals surface area contributed by atoms with E-state index in [2.05, 4.69) is 11.4 Å². The molecular formula is C8H19O3PS. The van der Waals surface area contributed by atoms with E-state index in [0.717, 1.165) is 11.5 Å². The standard InChI is InChI=1S/C8H19O3PS/c1-2-3-4-5-7-13-8-6-11-12(9)10/h12H,2-8H2,1H3,(H,9,10). The molecule has 0 fully saturated rings. The second-order valence-electron chi connectivity index (χ2n) is 2.79. The number of thioether (sulfide) groups is 1. The largest absolute Gasteiger partial charge is 0.326 e. The lowest BCUT2D eigenvalue weighted by atomic mass is 10.2. The lowest BCUT2D eigenvalue weighted by Crippen LogP contribution is -1.91. The van der Waals surface area contributed by atoms with Gasteiger partial charge in [-0.2, -0.15) is 11.8 Å². The van der Waals surface area contributed by atoms with Crippen LogP contribution in [0.3, 0.4) is 0 Å². The number of unbranched alkanes of at least 4 members (excludes halogenated alkanes) is 3. The predicted molar refractivity (Wildman–Crippen MR) is 58.6 cm³/mol. The molecule has 13 heavy (non-hydrogen) atoms. The SMILES string of the molecule is CCCCCCSCCO[PH](=O)O. The van der Waals surface area contributed by atoms with Crippen LogP contribution in [0.5, 0.6) is 0 Å². The van der Waals surface area contributed by atoms with Crippen LogP contribution in [-0.2, 0) is 9.09 Å². The molecule has 0 rings (SSSR count). The van der Waals surface area contributed by atoms with Crippen molar-refractivity contribution < 1.29 is 14.0 Å². The Morgan fingerprint density at radius 3 is 2.69 bits per heavy atom. The van der Waals surface area contributed by atoms with E-state index < -0.39 is 8.25 Å². The summed E-state index contributed by atoms with van der Waals surface area (Å²) in [6.45, 7) is 2.59. The summed E-state index contributed by atoms with van der Waals surface area (Å²) < 4.78 is 14.7. The zero-order chi connectivity index (χ0) is 9.94. The number of rotatable bonds is 9. The summed E-state index contributed by atoms with van der Waals surface area (Å²) in [5.74, 6) is 1.96. The third-order valence-corrected chi connectivity index (χ3v) is 3.08. The van der Waals surface area contributed by atoms with Gasteiger partial charge in [-0.25, -0.2) is 0 Å². The first-order valence-electron chi connectivity index (χ1n) is 4.70. The molecule has 0 aliphatic carbocycles. The van der Waals surface area contributed by atoms with Crippen LogP contribution in [0.15, 0.2) is 0 Å². The van der Waals surface area contributed by atoms with Gasteiger partial charge in [-0.05, 0) is 12.2 Å². The van der Waals surface area contributed by atoms with Gasteiger partial charge in [-0.3, -0.25) is 4.57 Å². The average molecular weight is 226 g/mol. The molecule has 5 heteroatoms. The van der Waals surface area contributed by atoms with E-state index in [1.54, 1.807) is 11.8 Å². The van der Waals surface area contributed by atoms with Crippen molar-refractivity contribution in [2.45, 2.75) is 32.6 Å². The Bertz CT molecular complexity index is 133. The zero-order valence-electron chi connectivity index (χ0n) is 8.12. The highest BCUT2D eigenvalue weighted by Gasteiger charge is 1.93. The summed E-state index contributed by atoms with van der Waals surface area (Å²) >= 11 is 1.79. The molecule has 0 heterocycles. The Balaban J connectivity index is 2.87. The smallest absolute Gasteiger partial charge is 0.316 e. The maximum atomic E-state index is 10.1. The first kappa shape index (κ1) is 13.5. The highest BCUT2D eigenvalue weighted by molar-refractivity contribution is 7.99. The third kappa shape index (κ3) is 12.5. The van der Waals surface area contributed by atoms with Gasteiger partial charge >= 0.3 is 8.25 Å². The topological polar surface area (TPSA) is 46.5 Å². The van der Waals surface area contributed by atoms with Crippen LogP contribution < -0.4 is 0 Å². The minimum absolute atomic E-state index is 0.396. The molecule has 0 saturated heterocycles. The van der Waals surface area contributed by atoms with Crippen molar-refractivity contribution in [2.75, 3.05) is 18.1 Å². The highest BCUT2D eigenvalue weighted by Crippen LogP contribution is 2.15. The molecule has 1 unspecified atom stereocenters. The van der Waals surface area contributed by atoms with Gasteiger partial charge in [0.1, 0.15) is 0 Å². The minimum Gasteiger partial charge on any atom is -0.326 e. The van der Waals surface area contributed by atoms with E-state index in [1.807, 2.05) is 0 Å². The normalized spacial score (nSPS) is 13.1. The summed E-state index contributed by atoms with van der Waals surface area (Å²) in [4.78, 5) is 8.34. The van der Waals surface area contributed by atoms with Crippen molar-refractivity contribution in [3.8, 4) is 0 Å². The van der Waals surface area contributed by atoms with E-state index in [9.17, 15) is 4.57 Å². The van der Waals surface area contributed by atoms with Crippen molar-refractivity contribution in [1.82, 2.24) is 0 Å². The van der Waals surface area contributed by atoms with Gasteiger partial charge in [0.05, 0.1) is 6.61 Å². The van der Waals surface area contributed by atoms with Crippen molar-refractivity contribution in [1.29, 1.82) is 0 Å². The minimum atomic E-state index is -2.70. The van der Waals surface area contributed by atoms with Crippen molar-refractivity contribution >= 4 is 20.0 Å². The van der Waals surface area contributed by atoms with Crippen molar-refractivity contribution in [3.05, 3.63) is 0 Å². The molecule has 0 aliphatic heterocycles. The van der Waals surface area contributed by atoms with Gasteiger partial charge in [0, 0.05) is 5.75 Å². The van der Waals surface area contributed by atoms with Crippen LogP contribution in [0.4, 0.5) is 0 Å². The van der Waals surface area contributed by atoms with E-state index >= 15 is 0 Å². The maximum absolute atomic E-state index is 10.1. The van der Waals surface area contributed by atoms with Crippen LogP contribution >= 0.6 is 20.0 Å². The second-order valence-corrected chi connectivity index (χ2v) is 4.83. The third-order valence-electron chi connectivity index (χ3n) is 1.60. The lowest BCUT2D eigenvalue weighted by molar-refractivity contribution is 0.300. The molecule has 1 atom stereocenters. The fourth-order valence-electron chi connectivity index (χ4n) is 0.921. The first-order chi connectivity index (χ1) is 6.27. The molecule has 0 aromatic heterocycles. The van der Waals surface area contributed by atoms with E-state index in [4.69, 9.17) is 4.89 Å². The van der Waals surface area contributed by atoms with Gasteiger partial charge in [0.2, 0.25) is 0 Å². The van der Waals surface area contributed by atoms with Crippen molar-refractivity contribution in [3.63, 3.8) is 0 Å². The molecule has 0 aromatic carbocycles. The fourth-order valence-corrected chi connectivity index (χ4v) is 2.16. The van der Waals surface area contributed by atoms with Gasteiger partial charge < -0.3 is 9.42 Å². The molecular weight excluding hydrogens is 207 g/mol. The molecule has 0 spiro atoms. The Hall–Kier alpha value is 0.500. The molecule has 3 nitrogen and oxygen atoms in total. The molecule has 0 radical (unpaired) electrons. The molecule has 80 valence electrons. The second kappa shape index (κ2) is 10.6. The maximum Gasteiger partial charge on any atom is 0.316 e. The van der Waals surface area contributed by atoms with Crippen molar-refractivity contribution in [2.24, 2.45) is 0 Å². The molecule has 0 bridgehead atoms. The first-order valence-corrected chi connectivity index (χ1v) is 7.12. The summed E-state index contributed by atoms with van der Waals surface area (Å²) in [6.07, 6.45) is 5.11. The van der Waals surface area contributed by atoms with E-state index in [0.29, 0.717) is 6.61 Å². The molecule has 0 aliphatic rings. The summed E-state index contributed by atoms with van der Waals surface area (Å²) in [5.41, 5.74) is 0. The van der Waals surface area contributed by atoms with Crippen LogP contribution in [0, 0.1) is 0 Å². The molecule has 0 amide bonds. The van der Waals surface area contributed by atoms with E-state index in [1.165, 1.54) is 25.7 Å². The Kier molecular flexibility index (Phi) is 11.0. The predicted octanol–water partition coefficient (Wildman–Crippen LogP) is 2.70. The van der Waals surface area contributed by atoms with Crippen LogP contribution in [-0.4, -0.2) is 23.0 Å². The quantitative estimate of drug-likeness (QED) is 0.485. The number of hydrogen-bond acceptors (Lipinski definition) is 3. The van der Waals surface area contributed by atoms with Gasteiger partial charge in [-0.1, -0.05) is 26.2 Å². The molecule has 1 N–H and O–H groups in total. The lowest BCUT2D eigenvalue weighted by Gasteiger charge is -2.00. The monoisotopic (exact) mass is 226 g/mol. The van der Waals surface area contributed by atoms with Crippen LogP contribution in [0.1, 0.15) is 32.6 Å². The Morgan fingerprint density at radius 2 is 2.08 bits per heavy atom. The number of hydrogen-bond donors (Lipinski definition) is 1. The van der Waals surface area contributed by atoms with E-state index in [-0.39, 0.29) is 0 Å². The molecule has 0 saturated carbocycles. The summed E-state index contributed by atoms with van der Waals surface area (Å²) in [6, 6.07) is 0. The van der Waals surface area contributed by atoms with Gasteiger partial charge in [0.15, 0.2) is 0 Å². The van der Waals surface area contributed by atoms with Crippen LogP contribution in [0.2, 0.25) is 0 Å². The zero-order valence-corrected chi connectivity index (χ0v) is 9.94. The molecule has 0 aromatic rings. The summed E-state index contributed by atoms with van der Waals surface area (Å²) in [5, 5.41) is 0. The highest BCUT2D eigenvalue weighted by atomic mass is 32.2. The Labute approximate surface area is 85.2 Å². The summed E-state index contributed by atoms with van der Waals surface area (Å²) in [7, 11) is -2.70. The van der Waals surface area contributed by atoms with Gasteiger partial charge in [-0.15, -0.1) is 0 Å². The Morgan fingerprint density at radius 1 is 1.31 bits per heavy atom.